The molecule has 0 spiro atoms. The maximum Gasteiger partial charge on any atom is 0.427 e. The molecule has 19 heteroatoms. The lowest BCUT2D eigenvalue weighted by atomic mass is 10.1. The molecule has 244 valence electrons. The van der Waals surface area contributed by atoms with Gasteiger partial charge in [0.2, 0.25) is 5.91 Å². The van der Waals surface area contributed by atoms with Crippen molar-refractivity contribution in [1.82, 2.24) is 10.1 Å². The van der Waals surface area contributed by atoms with Crippen molar-refractivity contribution < 1.29 is 45.8 Å². The maximum absolute atomic E-state index is 15.2. The van der Waals surface area contributed by atoms with E-state index in [4.69, 9.17) is 38.5 Å². The molecule has 4 aromatic rings. The first-order valence-corrected chi connectivity index (χ1v) is 17.4. The van der Waals surface area contributed by atoms with Gasteiger partial charge in [0.15, 0.2) is 5.76 Å². The zero-order valence-corrected chi connectivity index (χ0v) is 28.0. The van der Waals surface area contributed by atoms with Gasteiger partial charge in [0.05, 0.1) is 33.7 Å². The number of carbonyl (C=O) groups is 2. The molecule has 0 saturated carbocycles. The quantitative estimate of drug-likeness (QED) is 0.122. The minimum Gasteiger partial charge on any atom is -0.469 e. The summed E-state index contributed by atoms with van der Waals surface area (Å²) in [6.07, 6.45) is 1.33. The predicted molar refractivity (Wildman–Crippen MR) is 169 cm³/mol. The molecule has 2 atom stereocenters. The van der Waals surface area contributed by atoms with Gasteiger partial charge in [-0.1, -0.05) is 51.3 Å². The Bertz CT molecular complexity index is 1980. The first-order valence-electron chi connectivity index (χ1n) is 12.7. The lowest BCUT2D eigenvalue weighted by molar-refractivity contribution is -0.120. The number of halogens is 5. The highest BCUT2D eigenvalue weighted by Crippen LogP contribution is 2.60. The molecule has 0 aliphatic carbocycles. The zero-order chi connectivity index (χ0) is 34.2. The van der Waals surface area contributed by atoms with Crippen molar-refractivity contribution in [1.29, 1.82) is 0 Å². The highest BCUT2D eigenvalue weighted by atomic mass is 79.9. The van der Waals surface area contributed by atoms with E-state index in [1.165, 1.54) is 59.5 Å². The van der Waals surface area contributed by atoms with Crippen molar-refractivity contribution >= 4 is 79.4 Å². The van der Waals surface area contributed by atoms with Gasteiger partial charge in [0, 0.05) is 21.3 Å². The number of aromatic nitrogens is 1. The Labute approximate surface area is 278 Å². The molecule has 0 bridgehead atoms. The third-order valence-electron chi connectivity index (χ3n) is 6.37. The Morgan fingerprint density at radius 2 is 1.78 bits per heavy atom. The van der Waals surface area contributed by atoms with Crippen molar-refractivity contribution in [3.8, 4) is 11.3 Å². The van der Waals surface area contributed by atoms with Crippen LogP contribution in [0.1, 0.15) is 18.1 Å². The largest absolute Gasteiger partial charge is 0.469 e. The normalized spacial score (nSPS) is 13.9. The summed E-state index contributed by atoms with van der Waals surface area (Å²) < 4.78 is 72.4. The Balaban J connectivity index is 1.69. The summed E-state index contributed by atoms with van der Waals surface area (Å²) in [7, 11) is -10.2. The van der Waals surface area contributed by atoms with Crippen LogP contribution in [0.3, 0.4) is 0 Å². The van der Waals surface area contributed by atoms with Crippen molar-refractivity contribution in [2.24, 2.45) is 5.73 Å². The Hall–Kier alpha value is -3.37. The number of nitrogens with zero attached hydrogens (tertiary/aromatic N) is 2. The van der Waals surface area contributed by atoms with Gasteiger partial charge in [-0.05, 0) is 61.0 Å². The molecule has 0 aliphatic heterocycles. The van der Waals surface area contributed by atoms with Gasteiger partial charge in [-0.3, -0.25) is 19.3 Å². The summed E-state index contributed by atoms with van der Waals surface area (Å²) in [5.74, 6) is -1.06. The number of rotatable bonds is 10. The lowest BCUT2D eigenvalue weighted by Crippen LogP contribution is -2.39. The molecule has 12 nitrogen and oxygen atoms in total. The average Bonchev–Trinajstić information content (AvgIpc) is 3.47. The molecule has 46 heavy (non-hydrogen) atoms. The second-order valence-corrected chi connectivity index (χ2v) is 15.1. The molecule has 0 radical (unpaired) electrons. The summed E-state index contributed by atoms with van der Waals surface area (Å²) in [5, 5.41) is 8.79. The summed E-state index contributed by atoms with van der Waals surface area (Å²) in [6, 6.07) is 11.6. The number of anilines is 2. The average molecular weight is 782 g/mol. The van der Waals surface area contributed by atoms with Gasteiger partial charge >= 0.3 is 24.5 Å². The second kappa shape index (κ2) is 13.4. The Morgan fingerprint density at radius 3 is 2.35 bits per heavy atom. The summed E-state index contributed by atoms with van der Waals surface area (Å²) in [5.41, 5.74) is 1.21. The van der Waals surface area contributed by atoms with Crippen LogP contribution < -0.4 is 15.7 Å². The zero-order valence-electron chi connectivity index (χ0n) is 23.2. The third kappa shape index (κ3) is 7.28. The Kier molecular flexibility index (Phi) is 10.3. The molecule has 5 N–H and O–H groups in total. The standard InChI is InChI=1S/C27H22BrCl2F2N4O8PS/c1-14(33)24(37)35-45(40,41)27(31,32)19-8-2-15(10-20(19)28)13-36(17-5-9-21(29)22(30)11-17)25-34-12-23(44-25)16-3-6-18(7-4-16)46(42,43)26(38)39/h2-12,14H,13,33H2,1H3,(H,38,39)(H2,35,37,40,41)/t14-/m0/s1. The minimum atomic E-state index is -5.61. The minimum absolute atomic E-state index is 0.0142. The number of carbonyl (C=O) groups excluding carboxylic acids is 1. The van der Waals surface area contributed by atoms with Gasteiger partial charge in [-0.25, -0.2) is 18.2 Å². The van der Waals surface area contributed by atoms with Gasteiger partial charge in [-0.2, -0.15) is 8.78 Å². The van der Waals surface area contributed by atoms with E-state index >= 15 is 8.78 Å². The van der Waals surface area contributed by atoms with E-state index in [1.807, 2.05) is 0 Å². The number of alkyl halides is 2. The summed E-state index contributed by atoms with van der Waals surface area (Å²) in [6.45, 7) is 1.09. The van der Waals surface area contributed by atoms with E-state index in [9.17, 15) is 27.5 Å². The topological polar surface area (TPSA) is 193 Å². The highest BCUT2D eigenvalue weighted by molar-refractivity contribution is 9.10. The molecule has 1 heterocycles. The van der Waals surface area contributed by atoms with E-state index in [1.54, 1.807) is 6.07 Å². The number of hydrogen-bond donors (Lipinski definition) is 4. The molecular weight excluding hydrogens is 760 g/mol. The van der Waals surface area contributed by atoms with Gasteiger partial charge in [-0.15, -0.1) is 0 Å². The number of nitrogens with two attached hydrogens (primary N) is 1. The van der Waals surface area contributed by atoms with Crippen LogP contribution in [0, 0.1) is 0 Å². The molecular formula is C27H22BrCl2F2N4O8PS. The maximum atomic E-state index is 15.2. The SMILES string of the molecule is C[C@H](N)C(=O)NP(=O)(O)C(F)(F)c1ccc(CN(c2ccc(Cl)c(Cl)c2)c2ncc(-c3ccc(S(=O)(=O)C(=O)O)cc3)o2)cc1Br. The number of amides is 1. The van der Waals surface area contributed by atoms with Crippen molar-refractivity contribution in [3.05, 3.63) is 92.5 Å². The van der Waals surface area contributed by atoms with Crippen LogP contribution in [0.4, 0.5) is 25.3 Å². The second-order valence-electron chi connectivity index (χ2n) is 9.68. The van der Waals surface area contributed by atoms with Gasteiger partial charge in [0.25, 0.3) is 9.84 Å². The van der Waals surface area contributed by atoms with Crippen molar-refractivity contribution in [2.75, 3.05) is 4.90 Å². The van der Waals surface area contributed by atoms with Crippen molar-refractivity contribution in [3.63, 3.8) is 0 Å². The number of nitrogens with one attached hydrogen (secondary N) is 1. The third-order valence-corrected chi connectivity index (χ3v) is 10.6. The monoisotopic (exact) mass is 780 g/mol. The van der Waals surface area contributed by atoms with E-state index < -0.39 is 50.7 Å². The summed E-state index contributed by atoms with van der Waals surface area (Å²) in [4.78, 5) is 38.3. The Morgan fingerprint density at radius 1 is 1.13 bits per heavy atom. The fraction of sp³-hybridized carbons (Fsp3) is 0.148. The van der Waals surface area contributed by atoms with Crippen molar-refractivity contribution in [2.45, 2.75) is 30.1 Å². The molecule has 0 aliphatic rings. The first-order chi connectivity index (χ1) is 21.3. The van der Waals surface area contributed by atoms with Crippen LogP contribution in [0.5, 0.6) is 0 Å². The molecule has 0 saturated heterocycles. The molecule has 4 rings (SSSR count). The number of carboxylic acid groups (broad SMARTS) is 1. The van der Waals surface area contributed by atoms with Crippen LogP contribution in [-0.2, 0) is 31.4 Å². The predicted octanol–water partition coefficient (Wildman–Crippen LogP) is 6.90. The molecule has 1 amide bonds. The smallest absolute Gasteiger partial charge is 0.427 e. The number of benzene rings is 3. The number of sulfone groups is 1. The lowest BCUT2D eigenvalue weighted by Gasteiger charge is -2.26. The first kappa shape index (κ1) is 35.5. The fourth-order valence-corrected chi connectivity index (χ4v) is 6.89. The molecule has 1 aromatic heterocycles. The van der Waals surface area contributed by atoms with Crippen LogP contribution in [-0.4, -0.2) is 40.7 Å². The van der Waals surface area contributed by atoms with Gasteiger partial charge in [0.1, 0.15) is 0 Å². The number of oxazole rings is 1. The fourth-order valence-electron chi connectivity index (χ4n) is 3.91. The van der Waals surface area contributed by atoms with E-state index in [0.717, 1.165) is 18.2 Å². The van der Waals surface area contributed by atoms with Crippen LogP contribution in [0.15, 0.2) is 80.6 Å². The van der Waals surface area contributed by atoms with E-state index in [-0.39, 0.29) is 32.8 Å². The van der Waals surface area contributed by atoms with E-state index in [0.29, 0.717) is 16.8 Å². The van der Waals surface area contributed by atoms with Crippen LogP contribution in [0.2, 0.25) is 10.0 Å². The number of hydrogen-bond acceptors (Lipinski definition) is 9. The molecule has 3 aromatic carbocycles. The van der Waals surface area contributed by atoms with Gasteiger partial charge < -0.3 is 20.2 Å². The summed E-state index contributed by atoms with van der Waals surface area (Å²) >= 11 is 15.4. The molecule has 1 unspecified atom stereocenters. The molecule has 0 fully saturated rings. The van der Waals surface area contributed by atoms with E-state index in [2.05, 4.69) is 20.9 Å². The van der Waals surface area contributed by atoms with Crippen LogP contribution >= 0.6 is 46.7 Å². The highest BCUT2D eigenvalue weighted by Gasteiger charge is 2.53. The van der Waals surface area contributed by atoms with Crippen LogP contribution in [0.25, 0.3) is 11.3 Å².